The second kappa shape index (κ2) is 9.09. The Bertz CT molecular complexity index is 716. The van der Waals surface area contributed by atoms with Gasteiger partial charge in [0.15, 0.2) is 0 Å². The van der Waals surface area contributed by atoms with Gasteiger partial charge in [0, 0.05) is 47.5 Å². The van der Waals surface area contributed by atoms with E-state index < -0.39 is 4.92 Å². The molecule has 3 rings (SSSR count). The van der Waals surface area contributed by atoms with Crippen LogP contribution in [0.4, 0.5) is 17.1 Å². The van der Waals surface area contributed by atoms with Gasteiger partial charge >= 0.3 is 0 Å². The van der Waals surface area contributed by atoms with E-state index in [1.807, 2.05) is 0 Å². The van der Waals surface area contributed by atoms with Gasteiger partial charge in [0.25, 0.3) is 11.4 Å². The smallest absolute Gasteiger partial charge is 0.269 e. The molecule has 0 aliphatic carbocycles. The quantitative estimate of drug-likeness (QED) is 0.564. The predicted octanol–water partition coefficient (Wildman–Crippen LogP) is 3.79. The lowest BCUT2D eigenvalue weighted by atomic mass is 10.2. The molecule has 2 aromatic rings. The normalized spacial score (nSPS) is 13.6. The molecule has 0 radical (unpaired) electrons. The van der Waals surface area contributed by atoms with Gasteiger partial charge in [-0.2, -0.15) is 0 Å². The van der Waals surface area contributed by atoms with Crippen molar-refractivity contribution in [3.05, 3.63) is 73.2 Å². The van der Waals surface area contributed by atoms with E-state index in [2.05, 4.69) is 20.8 Å². The van der Waals surface area contributed by atoms with Crippen molar-refractivity contribution < 1.29 is 14.6 Å². The number of anilines is 1. The zero-order valence-corrected chi connectivity index (χ0v) is 14.8. The first-order valence-corrected chi connectivity index (χ1v) is 8.24. The van der Waals surface area contributed by atoms with Crippen molar-refractivity contribution in [1.82, 2.24) is 0 Å². The number of ether oxygens (including phenoxy) is 1. The Morgan fingerprint density at radius 1 is 0.840 bits per heavy atom. The molecule has 1 aliphatic heterocycles. The zero-order valence-electron chi connectivity index (χ0n) is 13.2. The molecule has 1 heterocycles. The molecule has 0 atom stereocenters. The van der Waals surface area contributed by atoms with Crippen LogP contribution < -0.4 is 4.90 Å². The summed E-state index contributed by atoms with van der Waals surface area (Å²) in [7, 11) is 0. The summed E-state index contributed by atoms with van der Waals surface area (Å²) in [4.78, 5) is 21.9. The summed E-state index contributed by atoms with van der Waals surface area (Å²) in [6.45, 7) is 3.13. The molecule has 0 unspecified atom stereocenters. The summed E-state index contributed by atoms with van der Waals surface area (Å²) in [5, 5.41) is 20.6. The third-order valence-corrected chi connectivity index (χ3v) is 4.00. The van der Waals surface area contributed by atoms with Gasteiger partial charge in [0.05, 0.1) is 23.1 Å². The molecular weight excluding hydrogens is 394 g/mol. The lowest BCUT2D eigenvalue weighted by Crippen LogP contribution is -2.36. The monoisotopic (exact) mass is 409 g/mol. The van der Waals surface area contributed by atoms with E-state index in [1.54, 1.807) is 24.3 Å². The fraction of sp³-hybridized carbons (Fsp3) is 0.250. The summed E-state index contributed by atoms with van der Waals surface area (Å²) in [6.07, 6.45) is 0. The maximum Gasteiger partial charge on any atom is 0.269 e. The molecule has 132 valence electrons. The molecule has 0 N–H and O–H groups in total. The molecule has 1 fully saturated rings. The number of nitrogens with zero attached hydrogens (tertiary/aromatic N) is 3. The Labute approximate surface area is 152 Å². The second-order valence-corrected chi connectivity index (χ2v) is 6.02. The van der Waals surface area contributed by atoms with Crippen LogP contribution in [0.1, 0.15) is 0 Å². The number of non-ortho nitro benzene ring substituents is 2. The van der Waals surface area contributed by atoms with E-state index >= 15 is 0 Å². The number of benzene rings is 2. The molecule has 9 heteroatoms. The molecular formula is C16H16BrN3O5. The SMILES string of the molecule is O=[N+]([O-])c1ccc(Br)cc1.O=[N+]([O-])c1ccc(N2CCOCC2)cc1. The van der Waals surface area contributed by atoms with Gasteiger partial charge in [-0.15, -0.1) is 0 Å². The molecule has 0 saturated carbocycles. The van der Waals surface area contributed by atoms with Gasteiger partial charge < -0.3 is 9.64 Å². The molecule has 25 heavy (non-hydrogen) atoms. The molecule has 1 aliphatic rings. The van der Waals surface area contributed by atoms with Gasteiger partial charge in [-0.3, -0.25) is 20.2 Å². The molecule has 0 bridgehead atoms. The van der Waals surface area contributed by atoms with E-state index in [0.29, 0.717) is 0 Å². The van der Waals surface area contributed by atoms with Gasteiger partial charge in [-0.1, -0.05) is 15.9 Å². The van der Waals surface area contributed by atoms with Crippen molar-refractivity contribution in [2.75, 3.05) is 31.2 Å². The van der Waals surface area contributed by atoms with E-state index in [0.717, 1.165) is 36.5 Å². The highest BCUT2D eigenvalue weighted by Gasteiger charge is 2.12. The minimum Gasteiger partial charge on any atom is -0.378 e. The predicted molar refractivity (Wildman–Crippen MR) is 96.9 cm³/mol. The Morgan fingerprint density at radius 2 is 1.28 bits per heavy atom. The van der Waals surface area contributed by atoms with Crippen molar-refractivity contribution in [2.45, 2.75) is 0 Å². The first-order valence-electron chi connectivity index (χ1n) is 7.44. The fourth-order valence-corrected chi connectivity index (χ4v) is 2.43. The van der Waals surface area contributed by atoms with E-state index in [1.165, 1.54) is 24.3 Å². The Hall–Kier alpha value is -2.52. The van der Waals surface area contributed by atoms with Crippen LogP contribution in [0.25, 0.3) is 0 Å². The van der Waals surface area contributed by atoms with Crippen molar-refractivity contribution in [1.29, 1.82) is 0 Å². The highest BCUT2D eigenvalue weighted by Crippen LogP contribution is 2.20. The minimum atomic E-state index is -0.424. The van der Waals surface area contributed by atoms with Gasteiger partial charge in [0.2, 0.25) is 0 Å². The maximum atomic E-state index is 10.5. The molecule has 1 saturated heterocycles. The van der Waals surface area contributed by atoms with Gasteiger partial charge in [0.1, 0.15) is 0 Å². The number of morpholine rings is 1. The van der Waals surface area contributed by atoms with Gasteiger partial charge in [-0.25, -0.2) is 0 Å². The number of hydrogen-bond acceptors (Lipinski definition) is 6. The standard InChI is InChI=1S/C10H12N2O3.C6H4BrNO2/c13-12(14)10-3-1-9(2-4-10)11-5-7-15-8-6-11;7-5-1-3-6(4-2-5)8(9)10/h1-4H,5-8H2;1-4H. The topological polar surface area (TPSA) is 98.8 Å². The minimum absolute atomic E-state index is 0.114. The average molecular weight is 410 g/mol. The van der Waals surface area contributed by atoms with Gasteiger partial charge in [-0.05, 0) is 24.3 Å². The number of nitro benzene ring substituents is 2. The lowest BCUT2D eigenvalue weighted by molar-refractivity contribution is -0.385. The first-order chi connectivity index (χ1) is 12.0. The molecule has 0 amide bonds. The Kier molecular flexibility index (Phi) is 6.84. The van der Waals surface area contributed by atoms with Crippen molar-refractivity contribution >= 4 is 33.0 Å². The van der Waals surface area contributed by atoms with Crippen LogP contribution in [0.3, 0.4) is 0 Å². The summed E-state index contributed by atoms with van der Waals surface area (Å²) in [5.74, 6) is 0. The number of nitro groups is 2. The van der Waals surface area contributed by atoms with E-state index in [9.17, 15) is 20.2 Å². The maximum absolute atomic E-state index is 10.5. The van der Waals surface area contributed by atoms with Crippen molar-refractivity contribution in [2.24, 2.45) is 0 Å². The fourth-order valence-electron chi connectivity index (χ4n) is 2.17. The highest BCUT2D eigenvalue weighted by molar-refractivity contribution is 9.10. The summed E-state index contributed by atoms with van der Waals surface area (Å²) in [5.41, 5.74) is 1.26. The summed E-state index contributed by atoms with van der Waals surface area (Å²) in [6, 6.07) is 12.8. The molecule has 0 spiro atoms. The lowest BCUT2D eigenvalue weighted by Gasteiger charge is -2.28. The first kappa shape index (κ1) is 18.8. The third-order valence-electron chi connectivity index (χ3n) is 3.47. The highest BCUT2D eigenvalue weighted by atomic mass is 79.9. The Balaban J connectivity index is 0.000000196. The number of rotatable bonds is 3. The third kappa shape index (κ3) is 5.80. The molecule has 0 aromatic heterocycles. The van der Waals surface area contributed by atoms with Crippen LogP contribution in [0.15, 0.2) is 53.0 Å². The molecule has 2 aromatic carbocycles. The van der Waals surface area contributed by atoms with Crippen molar-refractivity contribution in [3.8, 4) is 0 Å². The average Bonchev–Trinajstić information content (AvgIpc) is 2.63. The van der Waals surface area contributed by atoms with Crippen LogP contribution in [0.2, 0.25) is 0 Å². The summed E-state index contributed by atoms with van der Waals surface area (Å²) < 4.78 is 6.08. The second-order valence-electron chi connectivity index (χ2n) is 5.11. The number of halogens is 1. The molecule has 8 nitrogen and oxygen atoms in total. The zero-order chi connectivity index (χ0) is 18.2. The van der Waals surface area contributed by atoms with Crippen LogP contribution in [0.5, 0.6) is 0 Å². The van der Waals surface area contributed by atoms with Crippen molar-refractivity contribution in [3.63, 3.8) is 0 Å². The van der Waals surface area contributed by atoms with E-state index in [4.69, 9.17) is 4.74 Å². The van der Waals surface area contributed by atoms with Crippen LogP contribution in [-0.4, -0.2) is 36.1 Å². The Morgan fingerprint density at radius 3 is 1.72 bits per heavy atom. The number of hydrogen-bond donors (Lipinski definition) is 0. The summed E-state index contributed by atoms with van der Waals surface area (Å²) >= 11 is 3.17. The van der Waals surface area contributed by atoms with Crippen LogP contribution >= 0.6 is 15.9 Å². The van der Waals surface area contributed by atoms with Crippen LogP contribution in [-0.2, 0) is 4.74 Å². The van der Waals surface area contributed by atoms with Crippen LogP contribution in [0, 0.1) is 20.2 Å². The largest absolute Gasteiger partial charge is 0.378 e. The van der Waals surface area contributed by atoms with E-state index in [-0.39, 0.29) is 16.3 Å².